The average molecular weight is 251 g/mol. The van der Waals surface area contributed by atoms with Gasteiger partial charge in [0.05, 0.1) is 12.3 Å². The van der Waals surface area contributed by atoms with Gasteiger partial charge in [0, 0.05) is 13.2 Å². The molecule has 0 radical (unpaired) electrons. The van der Waals surface area contributed by atoms with Crippen LogP contribution in [0.4, 0.5) is 5.69 Å². The van der Waals surface area contributed by atoms with Gasteiger partial charge in [-0.25, -0.2) is 0 Å². The van der Waals surface area contributed by atoms with Gasteiger partial charge in [0.25, 0.3) is 0 Å². The van der Waals surface area contributed by atoms with Gasteiger partial charge in [-0.15, -0.1) is 0 Å². The third-order valence-corrected chi connectivity index (χ3v) is 3.03. The number of anilines is 1. The van der Waals surface area contributed by atoms with Crippen LogP contribution < -0.4 is 10.1 Å². The summed E-state index contributed by atoms with van der Waals surface area (Å²) in [5.74, 6) is 0.916. The molecule has 1 rings (SSSR count). The Kier molecular flexibility index (Phi) is 6.58. The van der Waals surface area contributed by atoms with Gasteiger partial charge in [-0.1, -0.05) is 19.9 Å². The van der Waals surface area contributed by atoms with Crippen molar-refractivity contribution in [2.24, 2.45) is 0 Å². The molecule has 0 saturated heterocycles. The number of methoxy groups -OCH3 is 1. The van der Waals surface area contributed by atoms with Gasteiger partial charge in [0.2, 0.25) is 0 Å². The lowest BCUT2D eigenvalue weighted by Gasteiger charge is -2.19. The van der Waals surface area contributed by atoms with Crippen LogP contribution in [0.3, 0.4) is 0 Å². The second-order valence-corrected chi connectivity index (χ2v) is 4.50. The lowest BCUT2D eigenvalue weighted by Crippen LogP contribution is -2.18. The molecule has 1 aromatic rings. The van der Waals surface area contributed by atoms with E-state index in [4.69, 9.17) is 9.47 Å². The normalized spacial score (nSPS) is 10.7. The Morgan fingerprint density at radius 3 is 2.50 bits per heavy atom. The van der Waals surface area contributed by atoms with Crippen LogP contribution in [-0.4, -0.2) is 26.4 Å². The topological polar surface area (TPSA) is 30.5 Å². The molecule has 0 heterocycles. The van der Waals surface area contributed by atoms with Gasteiger partial charge < -0.3 is 14.8 Å². The predicted molar refractivity (Wildman–Crippen MR) is 76.5 cm³/mol. The molecule has 3 nitrogen and oxygen atoms in total. The minimum atomic E-state index is 0.498. The van der Waals surface area contributed by atoms with Crippen molar-refractivity contribution < 1.29 is 9.47 Å². The predicted octanol–water partition coefficient (Wildman–Crippen LogP) is 3.62. The zero-order chi connectivity index (χ0) is 13.4. The second kappa shape index (κ2) is 7.98. The van der Waals surface area contributed by atoms with Gasteiger partial charge in [0.1, 0.15) is 12.4 Å². The minimum Gasteiger partial charge on any atom is -0.489 e. The van der Waals surface area contributed by atoms with Crippen LogP contribution in [0.15, 0.2) is 18.2 Å². The molecular weight excluding hydrogens is 226 g/mol. The highest BCUT2D eigenvalue weighted by Gasteiger charge is 2.08. The first kappa shape index (κ1) is 14.8. The molecule has 102 valence electrons. The number of aryl methyl sites for hydroxylation is 1. The highest BCUT2D eigenvalue weighted by Crippen LogP contribution is 2.27. The fraction of sp³-hybridized carbons (Fsp3) is 0.600. The summed E-state index contributed by atoms with van der Waals surface area (Å²) in [6.07, 6.45) is 2.23. The monoisotopic (exact) mass is 251 g/mol. The van der Waals surface area contributed by atoms with Crippen molar-refractivity contribution in [3.05, 3.63) is 23.8 Å². The largest absolute Gasteiger partial charge is 0.489 e. The third-order valence-electron chi connectivity index (χ3n) is 3.03. The highest BCUT2D eigenvalue weighted by molar-refractivity contribution is 5.58. The maximum atomic E-state index is 5.76. The first-order valence-electron chi connectivity index (χ1n) is 6.70. The lowest BCUT2D eigenvalue weighted by molar-refractivity contribution is 0.146. The SMILES string of the molecule is CCC(CC)Nc1ccc(C)cc1OCCOC. The Labute approximate surface area is 110 Å². The third kappa shape index (κ3) is 4.57. The average Bonchev–Trinajstić information content (AvgIpc) is 2.38. The molecule has 3 heteroatoms. The number of rotatable bonds is 8. The van der Waals surface area contributed by atoms with Gasteiger partial charge in [-0.05, 0) is 37.5 Å². The van der Waals surface area contributed by atoms with Gasteiger partial charge >= 0.3 is 0 Å². The summed E-state index contributed by atoms with van der Waals surface area (Å²) < 4.78 is 10.8. The van der Waals surface area contributed by atoms with E-state index in [1.807, 2.05) is 0 Å². The molecule has 0 amide bonds. The number of hydrogen-bond acceptors (Lipinski definition) is 3. The van der Waals surface area contributed by atoms with E-state index in [-0.39, 0.29) is 0 Å². The van der Waals surface area contributed by atoms with E-state index in [1.54, 1.807) is 7.11 Å². The van der Waals surface area contributed by atoms with Crippen molar-refractivity contribution in [2.45, 2.75) is 39.7 Å². The summed E-state index contributed by atoms with van der Waals surface area (Å²) in [6, 6.07) is 6.77. The first-order valence-corrected chi connectivity index (χ1v) is 6.70. The van der Waals surface area contributed by atoms with Crippen LogP contribution in [-0.2, 0) is 4.74 Å². The van der Waals surface area contributed by atoms with E-state index in [0.717, 1.165) is 24.3 Å². The maximum Gasteiger partial charge on any atom is 0.142 e. The molecule has 18 heavy (non-hydrogen) atoms. The van der Waals surface area contributed by atoms with Crippen molar-refractivity contribution in [3.8, 4) is 5.75 Å². The number of benzene rings is 1. The van der Waals surface area contributed by atoms with Crippen molar-refractivity contribution in [2.75, 3.05) is 25.6 Å². The minimum absolute atomic E-state index is 0.498. The van der Waals surface area contributed by atoms with Crippen LogP contribution >= 0.6 is 0 Å². The standard InChI is InChI=1S/C15H25NO2/c1-5-13(6-2)16-14-8-7-12(3)11-15(14)18-10-9-17-4/h7-8,11,13,16H,5-6,9-10H2,1-4H3. The van der Waals surface area contributed by atoms with Crippen LogP contribution in [0.1, 0.15) is 32.3 Å². The quantitative estimate of drug-likeness (QED) is 0.716. The molecule has 0 bridgehead atoms. The summed E-state index contributed by atoms with van der Waals surface area (Å²) in [7, 11) is 1.68. The molecule has 0 fully saturated rings. The van der Waals surface area contributed by atoms with E-state index < -0.39 is 0 Å². The Bertz CT molecular complexity index is 348. The summed E-state index contributed by atoms with van der Waals surface area (Å²) in [5, 5.41) is 3.54. The first-order chi connectivity index (χ1) is 8.71. The highest BCUT2D eigenvalue weighted by atomic mass is 16.5. The van der Waals surface area contributed by atoms with Gasteiger partial charge in [-0.3, -0.25) is 0 Å². The van der Waals surface area contributed by atoms with Crippen LogP contribution in [0, 0.1) is 6.92 Å². The Morgan fingerprint density at radius 1 is 1.17 bits per heavy atom. The molecule has 0 aliphatic rings. The van der Waals surface area contributed by atoms with Crippen LogP contribution in [0.25, 0.3) is 0 Å². The maximum absolute atomic E-state index is 5.76. The number of nitrogens with one attached hydrogen (secondary N) is 1. The summed E-state index contributed by atoms with van der Waals surface area (Å²) in [5.41, 5.74) is 2.28. The fourth-order valence-electron chi connectivity index (χ4n) is 1.82. The number of hydrogen-bond donors (Lipinski definition) is 1. The summed E-state index contributed by atoms with van der Waals surface area (Å²) in [6.45, 7) is 7.65. The van der Waals surface area contributed by atoms with E-state index in [2.05, 4.69) is 44.3 Å². The molecule has 0 atom stereocenters. The number of ether oxygens (including phenoxy) is 2. The smallest absolute Gasteiger partial charge is 0.142 e. The molecule has 0 spiro atoms. The zero-order valence-electron chi connectivity index (χ0n) is 12.0. The van der Waals surface area contributed by atoms with Crippen molar-refractivity contribution >= 4 is 5.69 Å². The molecule has 0 aliphatic heterocycles. The van der Waals surface area contributed by atoms with Crippen LogP contribution in [0.2, 0.25) is 0 Å². The van der Waals surface area contributed by atoms with E-state index in [0.29, 0.717) is 19.3 Å². The van der Waals surface area contributed by atoms with E-state index in [1.165, 1.54) is 5.56 Å². The second-order valence-electron chi connectivity index (χ2n) is 4.50. The molecule has 0 unspecified atom stereocenters. The van der Waals surface area contributed by atoms with Gasteiger partial charge in [-0.2, -0.15) is 0 Å². The van der Waals surface area contributed by atoms with Gasteiger partial charge in [0.15, 0.2) is 0 Å². The summed E-state index contributed by atoms with van der Waals surface area (Å²) >= 11 is 0. The molecule has 1 N–H and O–H groups in total. The summed E-state index contributed by atoms with van der Waals surface area (Å²) in [4.78, 5) is 0. The van der Waals surface area contributed by atoms with Crippen LogP contribution in [0.5, 0.6) is 5.75 Å². The van der Waals surface area contributed by atoms with Crippen molar-refractivity contribution in [3.63, 3.8) is 0 Å². The molecule has 0 saturated carbocycles. The molecule has 1 aromatic carbocycles. The Hall–Kier alpha value is -1.22. The molecule has 0 aliphatic carbocycles. The zero-order valence-corrected chi connectivity index (χ0v) is 12.0. The Morgan fingerprint density at radius 2 is 1.89 bits per heavy atom. The van der Waals surface area contributed by atoms with E-state index in [9.17, 15) is 0 Å². The fourth-order valence-corrected chi connectivity index (χ4v) is 1.82. The van der Waals surface area contributed by atoms with E-state index >= 15 is 0 Å². The molecule has 0 aromatic heterocycles. The van der Waals surface area contributed by atoms with Crippen molar-refractivity contribution in [1.82, 2.24) is 0 Å². The van der Waals surface area contributed by atoms with Crippen molar-refractivity contribution in [1.29, 1.82) is 0 Å². The molecular formula is C15H25NO2. The Balaban J connectivity index is 2.75. The lowest BCUT2D eigenvalue weighted by atomic mass is 10.1.